The highest BCUT2D eigenvalue weighted by Crippen LogP contribution is 2.54. The standard InChI is InChI=1S/C25H36O4/c1-7-8-9-22(27)28-15-24(3,4)17-13-20(26)23-18-12-16(2)10-11-19(18)25(5,6)29-21(23)14-17/h10,13-14,18-19,26H,7-9,11-12,15H2,1-6H3/t18-,19-/m1/s1. The molecule has 4 heteroatoms. The molecular weight excluding hydrogens is 364 g/mol. The van der Waals surface area contributed by atoms with Crippen molar-refractivity contribution in [1.29, 1.82) is 0 Å². The van der Waals surface area contributed by atoms with Crippen molar-refractivity contribution in [2.75, 3.05) is 6.61 Å². The van der Waals surface area contributed by atoms with E-state index in [1.54, 1.807) is 0 Å². The molecule has 3 rings (SSSR count). The summed E-state index contributed by atoms with van der Waals surface area (Å²) in [5, 5.41) is 11.0. The van der Waals surface area contributed by atoms with Gasteiger partial charge in [-0.05, 0) is 57.7 Å². The average Bonchev–Trinajstić information content (AvgIpc) is 2.63. The summed E-state index contributed by atoms with van der Waals surface area (Å²) in [5.74, 6) is 1.52. The second kappa shape index (κ2) is 8.04. The maximum absolute atomic E-state index is 12.0. The van der Waals surface area contributed by atoms with E-state index in [9.17, 15) is 9.90 Å². The zero-order chi connectivity index (χ0) is 21.4. The molecule has 1 N–H and O–H groups in total. The summed E-state index contributed by atoms with van der Waals surface area (Å²) in [5.41, 5.74) is 2.52. The number of phenolic OH excluding ortho intramolecular Hbond substituents is 1. The Balaban J connectivity index is 1.88. The van der Waals surface area contributed by atoms with Crippen LogP contribution in [-0.4, -0.2) is 23.3 Å². The van der Waals surface area contributed by atoms with E-state index in [2.05, 4.69) is 33.8 Å². The number of carbonyl (C=O) groups excluding carboxylic acids is 1. The van der Waals surface area contributed by atoms with Crippen LogP contribution in [0.25, 0.3) is 0 Å². The molecule has 1 aliphatic heterocycles. The summed E-state index contributed by atoms with van der Waals surface area (Å²) in [7, 11) is 0. The number of esters is 1. The first-order chi connectivity index (χ1) is 13.5. The van der Waals surface area contributed by atoms with Gasteiger partial charge in [0.15, 0.2) is 0 Å². The fourth-order valence-corrected chi connectivity index (χ4v) is 4.69. The molecule has 1 aromatic rings. The second-order valence-corrected chi connectivity index (χ2v) is 9.96. The lowest BCUT2D eigenvalue weighted by Crippen LogP contribution is -2.45. The molecule has 0 spiro atoms. The number of fused-ring (bicyclic) bond motifs is 3. The second-order valence-electron chi connectivity index (χ2n) is 9.96. The van der Waals surface area contributed by atoms with Gasteiger partial charge in [-0.2, -0.15) is 0 Å². The molecule has 1 aromatic carbocycles. The first-order valence-electron chi connectivity index (χ1n) is 10.9. The van der Waals surface area contributed by atoms with Crippen LogP contribution in [0.2, 0.25) is 0 Å². The van der Waals surface area contributed by atoms with Gasteiger partial charge in [-0.15, -0.1) is 0 Å². The fraction of sp³-hybridized carbons (Fsp3) is 0.640. The normalized spacial score (nSPS) is 22.8. The number of ether oxygens (including phenoxy) is 2. The van der Waals surface area contributed by atoms with E-state index in [0.29, 0.717) is 18.1 Å². The number of aromatic hydroxyl groups is 1. The van der Waals surface area contributed by atoms with Crippen molar-refractivity contribution in [3.63, 3.8) is 0 Å². The van der Waals surface area contributed by atoms with Crippen LogP contribution in [0.5, 0.6) is 11.5 Å². The third kappa shape index (κ3) is 4.46. The van der Waals surface area contributed by atoms with Crippen LogP contribution in [0.15, 0.2) is 23.8 Å². The molecule has 0 aromatic heterocycles. The topological polar surface area (TPSA) is 55.8 Å². The smallest absolute Gasteiger partial charge is 0.305 e. The molecule has 29 heavy (non-hydrogen) atoms. The highest BCUT2D eigenvalue weighted by Gasteiger charge is 2.46. The summed E-state index contributed by atoms with van der Waals surface area (Å²) >= 11 is 0. The minimum atomic E-state index is -0.416. The quantitative estimate of drug-likeness (QED) is 0.469. The van der Waals surface area contributed by atoms with E-state index >= 15 is 0 Å². The number of rotatable bonds is 6. The lowest BCUT2D eigenvalue weighted by Gasteiger charge is -2.47. The molecule has 0 saturated carbocycles. The number of allylic oxidation sites excluding steroid dienone is 2. The minimum Gasteiger partial charge on any atom is -0.508 e. The van der Waals surface area contributed by atoms with Crippen molar-refractivity contribution in [2.24, 2.45) is 5.92 Å². The first-order valence-corrected chi connectivity index (χ1v) is 10.9. The van der Waals surface area contributed by atoms with Crippen molar-refractivity contribution in [3.8, 4) is 11.5 Å². The Kier molecular flexibility index (Phi) is 6.03. The molecule has 4 nitrogen and oxygen atoms in total. The Morgan fingerprint density at radius 2 is 2.07 bits per heavy atom. The Hall–Kier alpha value is -1.97. The van der Waals surface area contributed by atoms with Gasteiger partial charge in [-0.25, -0.2) is 0 Å². The molecule has 1 aliphatic carbocycles. The van der Waals surface area contributed by atoms with Gasteiger partial charge < -0.3 is 14.6 Å². The Labute approximate surface area is 175 Å². The molecule has 160 valence electrons. The molecule has 0 radical (unpaired) electrons. The highest BCUT2D eigenvalue weighted by atomic mass is 16.5. The van der Waals surface area contributed by atoms with Gasteiger partial charge in [0.25, 0.3) is 0 Å². The van der Waals surface area contributed by atoms with Crippen LogP contribution in [0.3, 0.4) is 0 Å². The Morgan fingerprint density at radius 1 is 1.34 bits per heavy atom. The lowest BCUT2D eigenvalue weighted by atomic mass is 9.67. The number of unbranched alkanes of at least 4 members (excludes halogenated alkanes) is 1. The summed E-state index contributed by atoms with van der Waals surface area (Å²) in [6.45, 7) is 12.9. The summed E-state index contributed by atoms with van der Waals surface area (Å²) in [4.78, 5) is 12.0. The lowest BCUT2D eigenvalue weighted by molar-refractivity contribution is -0.145. The van der Waals surface area contributed by atoms with E-state index in [4.69, 9.17) is 9.47 Å². The van der Waals surface area contributed by atoms with E-state index in [0.717, 1.165) is 42.6 Å². The van der Waals surface area contributed by atoms with Crippen molar-refractivity contribution >= 4 is 5.97 Å². The predicted molar refractivity (Wildman–Crippen MR) is 116 cm³/mol. The number of phenols is 1. The molecule has 0 unspecified atom stereocenters. The third-order valence-corrected chi connectivity index (χ3v) is 6.61. The average molecular weight is 401 g/mol. The van der Waals surface area contributed by atoms with Crippen molar-refractivity contribution in [1.82, 2.24) is 0 Å². The van der Waals surface area contributed by atoms with E-state index < -0.39 is 5.41 Å². The zero-order valence-electron chi connectivity index (χ0n) is 18.8. The van der Waals surface area contributed by atoms with Gasteiger partial charge in [0.1, 0.15) is 23.7 Å². The predicted octanol–water partition coefficient (Wildman–Crippen LogP) is 6.01. The first kappa shape index (κ1) is 21.7. The van der Waals surface area contributed by atoms with Crippen LogP contribution in [0.1, 0.15) is 90.7 Å². The third-order valence-electron chi connectivity index (χ3n) is 6.61. The number of hydrogen-bond donors (Lipinski definition) is 1. The van der Waals surface area contributed by atoms with E-state index in [1.165, 1.54) is 5.57 Å². The van der Waals surface area contributed by atoms with Crippen LogP contribution in [0, 0.1) is 5.92 Å². The van der Waals surface area contributed by atoms with Crippen molar-refractivity contribution in [2.45, 2.75) is 90.6 Å². The highest BCUT2D eigenvalue weighted by molar-refractivity contribution is 5.69. The monoisotopic (exact) mass is 400 g/mol. The zero-order valence-corrected chi connectivity index (χ0v) is 18.8. The van der Waals surface area contributed by atoms with Crippen molar-refractivity contribution < 1.29 is 19.4 Å². The Bertz CT molecular complexity index is 803. The van der Waals surface area contributed by atoms with Gasteiger partial charge >= 0.3 is 5.97 Å². The maximum atomic E-state index is 12.0. The summed E-state index contributed by atoms with van der Waals surface area (Å²) < 4.78 is 11.9. The van der Waals surface area contributed by atoms with Crippen LogP contribution in [-0.2, 0) is 14.9 Å². The van der Waals surface area contributed by atoms with Gasteiger partial charge in [-0.1, -0.05) is 38.8 Å². The summed E-state index contributed by atoms with van der Waals surface area (Å²) in [6, 6.07) is 3.88. The van der Waals surface area contributed by atoms with Gasteiger partial charge in [0.05, 0.1) is 0 Å². The molecular formula is C25H36O4. The molecule has 0 bridgehead atoms. The number of benzene rings is 1. The number of hydrogen-bond acceptors (Lipinski definition) is 4. The maximum Gasteiger partial charge on any atom is 0.305 e. The van der Waals surface area contributed by atoms with Crippen molar-refractivity contribution in [3.05, 3.63) is 34.9 Å². The van der Waals surface area contributed by atoms with Gasteiger partial charge in [0.2, 0.25) is 0 Å². The SMILES string of the molecule is CCCCC(=O)OCC(C)(C)c1cc(O)c2c(c1)OC(C)(C)[C@@H]1CC=C(C)C[C@@H]21. The molecule has 2 aliphatic rings. The Morgan fingerprint density at radius 3 is 2.76 bits per heavy atom. The molecule has 0 fully saturated rings. The van der Waals surface area contributed by atoms with Crippen LogP contribution < -0.4 is 4.74 Å². The summed E-state index contributed by atoms with van der Waals surface area (Å²) in [6.07, 6.45) is 6.51. The van der Waals surface area contributed by atoms with Gasteiger partial charge in [0, 0.05) is 29.2 Å². The molecule has 0 amide bonds. The fourth-order valence-electron chi connectivity index (χ4n) is 4.69. The minimum absolute atomic E-state index is 0.160. The molecule has 0 saturated heterocycles. The largest absolute Gasteiger partial charge is 0.508 e. The van der Waals surface area contributed by atoms with E-state index in [-0.39, 0.29) is 24.1 Å². The molecule has 1 heterocycles. The number of carbonyl (C=O) groups is 1. The van der Waals surface area contributed by atoms with Crippen LogP contribution >= 0.6 is 0 Å². The van der Waals surface area contributed by atoms with Crippen LogP contribution in [0.4, 0.5) is 0 Å². The van der Waals surface area contributed by atoms with E-state index in [1.807, 2.05) is 26.0 Å². The molecule has 2 atom stereocenters. The van der Waals surface area contributed by atoms with Gasteiger partial charge in [-0.3, -0.25) is 4.79 Å².